The summed E-state index contributed by atoms with van der Waals surface area (Å²) in [6.07, 6.45) is -8.51. The molecule has 6 N–H and O–H groups in total. The van der Waals surface area contributed by atoms with Crippen molar-refractivity contribution >= 4 is 6.09 Å². The van der Waals surface area contributed by atoms with E-state index in [-0.39, 0.29) is 0 Å². The summed E-state index contributed by atoms with van der Waals surface area (Å²) in [6, 6.07) is 0. The maximum atomic E-state index is 10.5. The topological polar surface area (TPSA) is 142 Å². The molecule has 1 aliphatic rings. The molecular weight excluding hydrogens is 210 g/mol. The Morgan fingerprint density at radius 2 is 1.93 bits per heavy atom. The van der Waals surface area contributed by atoms with E-state index in [4.69, 9.17) is 15.9 Å². The standard InChI is InChI=1S/C7H13NO7/c8-7(13)15-5-3(10)2(1-9)14-6(12)4(5)11/h2-6,9-12H,1H2,(H2,8,13)/t2-,3-,4+,5+,6+/m1/s1. The molecule has 0 aromatic rings. The van der Waals surface area contributed by atoms with Gasteiger partial charge in [0.2, 0.25) is 0 Å². The highest BCUT2D eigenvalue weighted by Crippen LogP contribution is 2.21. The van der Waals surface area contributed by atoms with Gasteiger partial charge in [0.1, 0.15) is 18.3 Å². The third-order valence-corrected chi connectivity index (χ3v) is 2.09. The van der Waals surface area contributed by atoms with Crippen LogP contribution in [0.5, 0.6) is 0 Å². The van der Waals surface area contributed by atoms with Gasteiger partial charge < -0.3 is 35.6 Å². The molecule has 1 aliphatic heterocycles. The van der Waals surface area contributed by atoms with Crippen LogP contribution in [0.15, 0.2) is 0 Å². The summed E-state index contributed by atoms with van der Waals surface area (Å²) in [4.78, 5) is 10.5. The molecule has 1 rings (SSSR count). The van der Waals surface area contributed by atoms with Crippen molar-refractivity contribution in [1.82, 2.24) is 0 Å². The Hall–Kier alpha value is -0.930. The largest absolute Gasteiger partial charge is 0.441 e. The SMILES string of the molecule is NC(=O)O[C@@H]1[C@H](O)[C@@H](O)O[C@H](CO)[C@H]1O. The van der Waals surface area contributed by atoms with Crippen LogP contribution in [0, 0.1) is 0 Å². The molecule has 88 valence electrons. The lowest BCUT2D eigenvalue weighted by Gasteiger charge is -2.39. The molecule has 0 radical (unpaired) electrons. The van der Waals surface area contributed by atoms with Crippen molar-refractivity contribution in [2.75, 3.05) is 6.61 Å². The second-order valence-electron chi connectivity index (χ2n) is 3.13. The highest BCUT2D eigenvalue weighted by Gasteiger charge is 2.45. The van der Waals surface area contributed by atoms with Gasteiger partial charge in [0, 0.05) is 0 Å². The number of aliphatic hydroxyl groups excluding tert-OH is 4. The second-order valence-corrected chi connectivity index (χ2v) is 3.13. The van der Waals surface area contributed by atoms with E-state index in [1.807, 2.05) is 0 Å². The molecule has 15 heavy (non-hydrogen) atoms. The number of nitrogens with two attached hydrogens (primary N) is 1. The Morgan fingerprint density at radius 1 is 1.33 bits per heavy atom. The van der Waals surface area contributed by atoms with Gasteiger partial charge in [0.05, 0.1) is 6.61 Å². The average molecular weight is 223 g/mol. The van der Waals surface area contributed by atoms with Crippen molar-refractivity contribution in [3.8, 4) is 0 Å². The van der Waals surface area contributed by atoms with Gasteiger partial charge in [-0.3, -0.25) is 0 Å². The number of carbonyl (C=O) groups excluding carboxylic acids is 1. The van der Waals surface area contributed by atoms with E-state index in [9.17, 15) is 15.0 Å². The predicted molar refractivity (Wildman–Crippen MR) is 44.4 cm³/mol. The number of ether oxygens (including phenoxy) is 2. The maximum Gasteiger partial charge on any atom is 0.404 e. The number of carbonyl (C=O) groups is 1. The Morgan fingerprint density at radius 3 is 2.40 bits per heavy atom. The summed E-state index contributed by atoms with van der Waals surface area (Å²) in [5.74, 6) is 0. The number of hydrogen-bond acceptors (Lipinski definition) is 7. The molecule has 8 nitrogen and oxygen atoms in total. The Bertz CT molecular complexity index is 235. The van der Waals surface area contributed by atoms with E-state index in [2.05, 4.69) is 9.47 Å². The zero-order chi connectivity index (χ0) is 11.6. The summed E-state index contributed by atoms with van der Waals surface area (Å²) >= 11 is 0. The summed E-state index contributed by atoms with van der Waals surface area (Å²) in [6.45, 7) is -0.594. The smallest absolute Gasteiger partial charge is 0.404 e. The lowest BCUT2D eigenvalue weighted by Crippen LogP contribution is -2.60. The van der Waals surface area contributed by atoms with E-state index >= 15 is 0 Å². The molecule has 0 aliphatic carbocycles. The van der Waals surface area contributed by atoms with Crippen LogP contribution >= 0.6 is 0 Å². The summed E-state index contributed by atoms with van der Waals surface area (Å²) < 4.78 is 9.05. The Labute approximate surface area is 84.8 Å². The summed E-state index contributed by atoms with van der Waals surface area (Å²) in [7, 11) is 0. The molecule has 5 atom stereocenters. The third-order valence-electron chi connectivity index (χ3n) is 2.09. The molecule has 0 aromatic carbocycles. The van der Waals surface area contributed by atoms with Crippen LogP contribution in [0.2, 0.25) is 0 Å². The highest BCUT2D eigenvalue weighted by atomic mass is 16.7. The number of hydrogen-bond donors (Lipinski definition) is 5. The van der Waals surface area contributed by atoms with Gasteiger partial charge in [0.25, 0.3) is 0 Å². The van der Waals surface area contributed by atoms with Crippen molar-refractivity contribution in [3.63, 3.8) is 0 Å². The monoisotopic (exact) mass is 223 g/mol. The molecule has 1 fully saturated rings. The van der Waals surface area contributed by atoms with Gasteiger partial charge in [0.15, 0.2) is 12.4 Å². The highest BCUT2D eigenvalue weighted by molar-refractivity contribution is 5.65. The van der Waals surface area contributed by atoms with Gasteiger partial charge in [-0.05, 0) is 0 Å². The van der Waals surface area contributed by atoms with Crippen LogP contribution < -0.4 is 5.73 Å². The summed E-state index contributed by atoms with van der Waals surface area (Å²) in [5, 5.41) is 36.7. The molecule has 0 aromatic heterocycles. The van der Waals surface area contributed by atoms with E-state index in [1.165, 1.54) is 0 Å². The van der Waals surface area contributed by atoms with E-state index in [0.29, 0.717) is 0 Å². The fourth-order valence-corrected chi connectivity index (χ4v) is 1.34. The third kappa shape index (κ3) is 2.55. The first kappa shape index (κ1) is 12.1. The van der Waals surface area contributed by atoms with Crippen molar-refractivity contribution in [3.05, 3.63) is 0 Å². The first-order valence-electron chi connectivity index (χ1n) is 4.24. The molecule has 1 saturated heterocycles. The average Bonchev–Trinajstić information content (AvgIpc) is 2.18. The Balaban J connectivity index is 2.74. The van der Waals surface area contributed by atoms with Crippen molar-refractivity contribution < 1.29 is 34.7 Å². The van der Waals surface area contributed by atoms with E-state index < -0.39 is 43.4 Å². The lowest BCUT2D eigenvalue weighted by molar-refractivity contribution is -0.285. The van der Waals surface area contributed by atoms with Crippen molar-refractivity contribution in [2.45, 2.75) is 30.7 Å². The van der Waals surface area contributed by atoms with Gasteiger partial charge in [-0.1, -0.05) is 0 Å². The maximum absolute atomic E-state index is 10.5. The molecule has 0 bridgehead atoms. The molecule has 1 heterocycles. The zero-order valence-electron chi connectivity index (χ0n) is 7.68. The van der Waals surface area contributed by atoms with E-state index in [1.54, 1.807) is 0 Å². The normalized spacial score (nSPS) is 41.2. The molecule has 0 unspecified atom stereocenters. The van der Waals surface area contributed by atoms with Gasteiger partial charge in [-0.25, -0.2) is 4.79 Å². The molecular formula is C7H13NO7. The number of primary amides is 1. The van der Waals surface area contributed by atoms with Crippen LogP contribution in [0.4, 0.5) is 4.79 Å². The van der Waals surface area contributed by atoms with Crippen LogP contribution in [0.3, 0.4) is 0 Å². The van der Waals surface area contributed by atoms with Gasteiger partial charge in [-0.15, -0.1) is 0 Å². The fraction of sp³-hybridized carbons (Fsp3) is 0.857. The zero-order valence-corrected chi connectivity index (χ0v) is 7.68. The quantitative estimate of drug-likeness (QED) is 0.333. The van der Waals surface area contributed by atoms with Gasteiger partial charge in [-0.2, -0.15) is 0 Å². The van der Waals surface area contributed by atoms with Crippen molar-refractivity contribution in [2.24, 2.45) is 5.73 Å². The minimum atomic E-state index is -1.66. The van der Waals surface area contributed by atoms with Crippen LogP contribution in [-0.4, -0.2) is 63.8 Å². The summed E-state index contributed by atoms with van der Waals surface area (Å²) in [5.41, 5.74) is 4.71. The van der Waals surface area contributed by atoms with E-state index in [0.717, 1.165) is 0 Å². The van der Waals surface area contributed by atoms with Crippen molar-refractivity contribution in [1.29, 1.82) is 0 Å². The number of amides is 1. The molecule has 0 saturated carbocycles. The second kappa shape index (κ2) is 4.73. The molecule has 8 heteroatoms. The number of rotatable bonds is 2. The molecule has 0 spiro atoms. The predicted octanol–water partition coefficient (Wildman–Crippen LogP) is -3.12. The van der Waals surface area contributed by atoms with Crippen LogP contribution in [0.1, 0.15) is 0 Å². The first-order chi connectivity index (χ1) is 6.97. The Kier molecular flexibility index (Phi) is 3.83. The lowest BCUT2D eigenvalue weighted by atomic mass is 9.99. The van der Waals surface area contributed by atoms with Crippen LogP contribution in [-0.2, 0) is 9.47 Å². The molecule has 1 amide bonds. The fourth-order valence-electron chi connectivity index (χ4n) is 1.34. The van der Waals surface area contributed by atoms with Crippen LogP contribution in [0.25, 0.3) is 0 Å². The number of aliphatic hydroxyl groups is 4. The minimum Gasteiger partial charge on any atom is -0.441 e. The first-order valence-corrected chi connectivity index (χ1v) is 4.24. The van der Waals surface area contributed by atoms with Gasteiger partial charge >= 0.3 is 6.09 Å². The minimum absolute atomic E-state index is 0.594.